The van der Waals surface area contributed by atoms with Crippen LogP contribution in [0.5, 0.6) is 5.75 Å². The van der Waals surface area contributed by atoms with Crippen LogP contribution >= 0.6 is 0 Å². The van der Waals surface area contributed by atoms with Crippen molar-refractivity contribution < 1.29 is 23.6 Å². The zero-order chi connectivity index (χ0) is 26.0. The summed E-state index contributed by atoms with van der Waals surface area (Å²) in [5.74, 6) is -1.24. The lowest BCUT2D eigenvalue weighted by atomic mass is 9.93. The summed E-state index contributed by atoms with van der Waals surface area (Å²) in [4.78, 5) is 26.6. The first-order valence-corrected chi connectivity index (χ1v) is 13.2. The zero-order valence-corrected chi connectivity index (χ0v) is 22.1. The smallest absolute Gasteiger partial charge is 0.328 e. The third-order valence-corrected chi connectivity index (χ3v) is 7.66. The average molecular weight is 503 g/mol. The highest BCUT2D eigenvalue weighted by Crippen LogP contribution is 2.22. The molecular formula is C27H38N2O5S. The Balaban J connectivity index is 2.25. The van der Waals surface area contributed by atoms with Crippen molar-refractivity contribution in [2.24, 2.45) is 11.8 Å². The van der Waals surface area contributed by atoms with Gasteiger partial charge in [0.05, 0.1) is 17.9 Å². The van der Waals surface area contributed by atoms with Gasteiger partial charge >= 0.3 is 5.97 Å². The van der Waals surface area contributed by atoms with E-state index in [2.05, 4.69) is 12.2 Å². The fourth-order valence-corrected chi connectivity index (χ4v) is 5.31. The molecule has 4 atom stereocenters. The number of hydrogen-bond donors (Lipinski definition) is 2. The van der Waals surface area contributed by atoms with E-state index in [1.54, 1.807) is 12.1 Å². The molecule has 0 aliphatic heterocycles. The summed E-state index contributed by atoms with van der Waals surface area (Å²) < 4.78 is 20.3. The van der Waals surface area contributed by atoms with Gasteiger partial charge in [0.1, 0.15) is 22.8 Å². The highest BCUT2D eigenvalue weighted by atomic mass is 32.2. The molecule has 35 heavy (non-hydrogen) atoms. The summed E-state index contributed by atoms with van der Waals surface area (Å²) >= 11 is 0. The van der Waals surface area contributed by atoms with Gasteiger partial charge in [0.25, 0.3) is 0 Å². The van der Waals surface area contributed by atoms with Crippen LogP contribution < -0.4 is 5.32 Å². The average Bonchev–Trinajstić information content (AvgIpc) is 2.84. The minimum atomic E-state index is -1.43. The van der Waals surface area contributed by atoms with Crippen LogP contribution in [0.2, 0.25) is 0 Å². The molecule has 0 fully saturated rings. The minimum absolute atomic E-state index is 0.00323. The molecule has 0 aliphatic carbocycles. The van der Waals surface area contributed by atoms with E-state index in [1.165, 1.54) is 19.2 Å². The van der Waals surface area contributed by atoms with E-state index >= 15 is 0 Å². The Morgan fingerprint density at radius 3 is 2.23 bits per heavy atom. The van der Waals surface area contributed by atoms with E-state index in [1.807, 2.05) is 55.4 Å². The number of esters is 1. The summed E-state index contributed by atoms with van der Waals surface area (Å²) in [6, 6.07) is 14.9. The number of amides is 1. The highest BCUT2D eigenvalue weighted by molar-refractivity contribution is 7.82. The first kappa shape index (κ1) is 28.5. The molecule has 8 heteroatoms. The fraction of sp³-hybridized carbons (Fsp3) is 0.481. The van der Waals surface area contributed by atoms with Crippen LogP contribution in [0.15, 0.2) is 59.5 Å². The number of nitrogens with one attached hydrogen (secondary N) is 1. The van der Waals surface area contributed by atoms with Gasteiger partial charge in [0, 0.05) is 19.0 Å². The van der Waals surface area contributed by atoms with Crippen LogP contribution in [-0.2, 0) is 31.7 Å². The molecule has 2 N–H and O–H groups in total. The summed E-state index contributed by atoms with van der Waals surface area (Å²) in [6.07, 6.45) is 2.01. The number of rotatable bonds is 13. The molecule has 2 aromatic rings. The van der Waals surface area contributed by atoms with E-state index in [4.69, 9.17) is 4.74 Å². The molecule has 1 amide bonds. The molecule has 0 bridgehead atoms. The predicted molar refractivity (Wildman–Crippen MR) is 138 cm³/mol. The molecule has 2 unspecified atom stereocenters. The lowest BCUT2D eigenvalue weighted by molar-refractivity contribution is -0.145. The molecule has 0 saturated carbocycles. The van der Waals surface area contributed by atoms with Crippen LogP contribution in [0, 0.1) is 11.8 Å². The van der Waals surface area contributed by atoms with Gasteiger partial charge < -0.3 is 15.2 Å². The van der Waals surface area contributed by atoms with Crippen molar-refractivity contribution in [1.29, 1.82) is 0 Å². The van der Waals surface area contributed by atoms with Crippen molar-refractivity contribution in [3.05, 3.63) is 60.2 Å². The van der Waals surface area contributed by atoms with Crippen LogP contribution in [0.4, 0.5) is 0 Å². The number of ether oxygens (including phenoxy) is 1. The molecule has 0 aromatic heterocycles. The van der Waals surface area contributed by atoms with Crippen molar-refractivity contribution in [2.75, 3.05) is 13.7 Å². The van der Waals surface area contributed by atoms with Gasteiger partial charge in [0.15, 0.2) is 0 Å². The summed E-state index contributed by atoms with van der Waals surface area (Å²) in [5.41, 5.74) is 0.781. The Labute approximate surface area is 211 Å². The van der Waals surface area contributed by atoms with Crippen molar-refractivity contribution in [3.8, 4) is 5.75 Å². The number of phenolic OH excluding ortho intramolecular Hbond substituents is 1. The van der Waals surface area contributed by atoms with Gasteiger partial charge in [-0.15, -0.1) is 0 Å². The van der Waals surface area contributed by atoms with E-state index in [9.17, 15) is 18.9 Å². The topological polar surface area (TPSA) is 95.9 Å². The van der Waals surface area contributed by atoms with Crippen molar-refractivity contribution >= 4 is 22.9 Å². The Morgan fingerprint density at radius 2 is 1.69 bits per heavy atom. The fourth-order valence-electron chi connectivity index (χ4n) is 3.92. The van der Waals surface area contributed by atoms with E-state index < -0.39 is 28.9 Å². The maximum Gasteiger partial charge on any atom is 0.328 e. The molecule has 0 aliphatic rings. The van der Waals surface area contributed by atoms with E-state index in [-0.39, 0.29) is 30.0 Å². The Bertz CT molecular complexity index is 965. The lowest BCUT2D eigenvalue weighted by Crippen LogP contribution is -2.50. The quantitative estimate of drug-likeness (QED) is 0.403. The second-order valence-corrected chi connectivity index (χ2v) is 10.5. The molecule has 192 valence electrons. The third kappa shape index (κ3) is 8.47. The summed E-state index contributed by atoms with van der Waals surface area (Å²) in [7, 11) is -0.138. The molecule has 2 aromatic carbocycles. The number of phenols is 1. The van der Waals surface area contributed by atoms with Gasteiger partial charge in [-0.2, -0.15) is 0 Å². The normalized spacial score (nSPS) is 14.8. The number of aromatic hydroxyl groups is 1. The molecule has 7 nitrogen and oxygen atoms in total. The molecular weight excluding hydrogens is 464 g/mol. The summed E-state index contributed by atoms with van der Waals surface area (Å²) in [6.45, 7) is 8.30. The second-order valence-electron chi connectivity index (χ2n) is 9.10. The number of methoxy groups -OCH3 is 1. The maximum absolute atomic E-state index is 13.5. The standard InChI is InChI=1S/C27H38N2O5S/c1-6-10-20(4)29(35(33)23-11-8-7-9-12-23)18-24(19(2)3)26(31)28-25(27(32)34-5)17-21-13-15-22(30)16-14-21/h7-9,11-16,19-20,24-25,30H,6,10,17-18H2,1-5H3,(H,28,31)/t20?,24-,25-,35?/m0/s1. The number of carbonyl (C=O) groups is 2. The molecule has 0 heterocycles. The lowest BCUT2D eigenvalue weighted by Gasteiger charge is -2.33. The Morgan fingerprint density at radius 1 is 1.06 bits per heavy atom. The molecule has 0 saturated heterocycles. The Hall–Kier alpha value is -2.71. The van der Waals surface area contributed by atoms with Crippen LogP contribution in [-0.4, -0.2) is 51.2 Å². The van der Waals surface area contributed by atoms with E-state index in [0.717, 1.165) is 18.4 Å². The van der Waals surface area contributed by atoms with Gasteiger partial charge in [-0.1, -0.05) is 57.5 Å². The molecule has 2 rings (SSSR count). The van der Waals surface area contributed by atoms with Gasteiger partial charge in [-0.05, 0) is 49.1 Å². The number of benzene rings is 2. The molecule has 0 radical (unpaired) electrons. The summed E-state index contributed by atoms with van der Waals surface area (Å²) in [5, 5.41) is 12.4. The SMILES string of the molecule is CCCC(C)N(C[C@H](C(=O)N[C@@H](Cc1ccc(O)cc1)C(=O)OC)C(C)C)S(=O)c1ccccc1. The van der Waals surface area contributed by atoms with Crippen LogP contribution in [0.1, 0.15) is 46.1 Å². The van der Waals surface area contributed by atoms with Gasteiger partial charge in [0.2, 0.25) is 5.91 Å². The number of carbonyl (C=O) groups excluding carboxylic acids is 2. The van der Waals surface area contributed by atoms with Crippen LogP contribution in [0.25, 0.3) is 0 Å². The van der Waals surface area contributed by atoms with Gasteiger partial charge in [-0.25, -0.2) is 13.3 Å². The highest BCUT2D eigenvalue weighted by Gasteiger charge is 2.33. The minimum Gasteiger partial charge on any atom is -0.508 e. The van der Waals surface area contributed by atoms with Crippen molar-refractivity contribution in [3.63, 3.8) is 0 Å². The second kappa shape index (κ2) is 14.0. The largest absolute Gasteiger partial charge is 0.508 e. The van der Waals surface area contributed by atoms with Crippen LogP contribution in [0.3, 0.4) is 0 Å². The predicted octanol–water partition coefficient (Wildman–Crippen LogP) is 4.08. The van der Waals surface area contributed by atoms with Crippen molar-refractivity contribution in [2.45, 2.75) is 63.9 Å². The van der Waals surface area contributed by atoms with Gasteiger partial charge in [-0.3, -0.25) is 4.79 Å². The zero-order valence-electron chi connectivity index (χ0n) is 21.3. The van der Waals surface area contributed by atoms with Crippen molar-refractivity contribution in [1.82, 2.24) is 9.62 Å². The monoisotopic (exact) mass is 502 g/mol. The first-order valence-electron chi connectivity index (χ1n) is 12.1. The number of hydrogen-bond acceptors (Lipinski definition) is 5. The van der Waals surface area contributed by atoms with E-state index in [0.29, 0.717) is 11.4 Å². The molecule has 0 spiro atoms. The maximum atomic E-state index is 13.5. The first-order chi connectivity index (χ1) is 16.7. The number of nitrogens with zero attached hydrogens (tertiary/aromatic N) is 1. The third-order valence-electron chi connectivity index (χ3n) is 6.05. The Kier molecular flexibility index (Phi) is 11.4.